The minimum Gasteiger partial charge on any atom is -0.747 e. The molecule has 0 unspecified atom stereocenters. The molecule has 0 N–H and O–H groups in total. The third kappa shape index (κ3) is 6.51. The van der Waals surface area contributed by atoms with Crippen LogP contribution in [0.3, 0.4) is 0 Å². The number of hydrogen-bond donors (Lipinski definition) is 0. The van der Waals surface area contributed by atoms with Gasteiger partial charge in [-0.1, -0.05) is 67.6 Å². The molecule has 0 aromatic heterocycles. The normalized spacial score (nSPS) is 11.5. The van der Waals surface area contributed by atoms with Crippen LogP contribution in [-0.4, -0.2) is 19.0 Å². The zero-order valence-electron chi connectivity index (χ0n) is 17.5. The van der Waals surface area contributed by atoms with Gasteiger partial charge in [-0.2, -0.15) is 6.07 Å². The van der Waals surface area contributed by atoms with Crippen molar-refractivity contribution in [2.24, 2.45) is 0 Å². The Labute approximate surface area is 201 Å². The molecular formula is C26H27BrFeNP-6. The Bertz CT molecular complexity index is 925. The van der Waals surface area contributed by atoms with E-state index in [4.69, 9.17) is 0 Å². The van der Waals surface area contributed by atoms with E-state index in [-0.39, 0.29) is 17.1 Å². The van der Waals surface area contributed by atoms with Gasteiger partial charge in [-0.05, 0) is 38.7 Å². The van der Waals surface area contributed by atoms with Gasteiger partial charge in [-0.15, -0.1) is 10.9 Å². The summed E-state index contributed by atoms with van der Waals surface area (Å²) in [6, 6.07) is 37.0. The first-order valence-electron chi connectivity index (χ1n) is 9.77. The van der Waals surface area contributed by atoms with Crippen LogP contribution < -0.4 is 15.9 Å². The summed E-state index contributed by atoms with van der Waals surface area (Å²) in [6.45, 7) is 2.28. The van der Waals surface area contributed by atoms with E-state index in [1.165, 1.54) is 21.5 Å². The van der Waals surface area contributed by atoms with Gasteiger partial charge in [0, 0.05) is 17.1 Å². The molecule has 0 aliphatic heterocycles. The van der Waals surface area contributed by atoms with E-state index in [9.17, 15) is 0 Å². The third-order valence-corrected chi connectivity index (χ3v) is 7.99. The number of rotatable bonds is 5. The van der Waals surface area contributed by atoms with Crippen molar-refractivity contribution >= 4 is 39.8 Å². The Morgan fingerprint density at radius 2 is 1.33 bits per heavy atom. The maximum atomic E-state index is 3.28. The summed E-state index contributed by atoms with van der Waals surface area (Å²) in [5, 5.41) is 4.29. The maximum absolute atomic E-state index is 3.28. The van der Waals surface area contributed by atoms with Crippen molar-refractivity contribution in [3.63, 3.8) is 0 Å². The fraction of sp³-hybridized carbons (Fsp3) is 0.154. The monoisotopic (exact) mass is 519 g/mol. The molecule has 0 saturated carbocycles. The molecule has 1 atom stereocenters. The summed E-state index contributed by atoms with van der Waals surface area (Å²) in [5.41, 5.74) is 1.44. The summed E-state index contributed by atoms with van der Waals surface area (Å²) in [5.74, 6) is 0. The molecule has 4 heteroatoms. The summed E-state index contributed by atoms with van der Waals surface area (Å²) in [7, 11) is 3.78. The quantitative estimate of drug-likeness (QED) is 0.179. The van der Waals surface area contributed by atoms with Crippen LogP contribution in [0.2, 0.25) is 0 Å². The smallest absolute Gasteiger partial charge is 0 e. The molecule has 1 nitrogen and oxygen atoms in total. The first-order chi connectivity index (χ1) is 14.1. The fourth-order valence-corrected chi connectivity index (χ4v) is 6.05. The first-order valence-corrected chi connectivity index (χ1v) is 11.9. The van der Waals surface area contributed by atoms with Crippen molar-refractivity contribution in [3.05, 3.63) is 113 Å². The van der Waals surface area contributed by atoms with Crippen LogP contribution in [0.4, 0.5) is 0 Å². The van der Waals surface area contributed by atoms with Crippen LogP contribution in [0.25, 0.3) is 0 Å². The Balaban J connectivity index is 0.000000395. The molecule has 0 aliphatic carbocycles. The predicted octanol–water partition coefficient (Wildman–Crippen LogP) is 5.95. The van der Waals surface area contributed by atoms with Crippen molar-refractivity contribution in [2.45, 2.75) is 13.0 Å². The van der Waals surface area contributed by atoms with Crippen LogP contribution in [0.5, 0.6) is 0 Å². The van der Waals surface area contributed by atoms with Crippen LogP contribution >= 0.6 is 23.9 Å². The molecule has 0 bridgehead atoms. The molecule has 162 valence electrons. The summed E-state index contributed by atoms with van der Waals surface area (Å²) in [4.78, 5) is 2.28. The molecule has 4 aromatic rings. The van der Waals surface area contributed by atoms with Crippen LogP contribution in [-0.2, 0) is 17.1 Å². The Kier molecular flexibility index (Phi) is 10.2. The molecule has 4 aromatic carbocycles. The number of hydrogen-bond acceptors (Lipinski definition) is 1. The van der Waals surface area contributed by atoms with Gasteiger partial charge < -0.3 is 49.6 Å². The van der Waals surface area contributed by atoms with Gasteiger partial charge in [0.25, 0.3) is 0 Å². The van der Waals surface area contributed by atoms with E-state index < -0.39 is 7.92 Å². The second-order valence-corrected chi connectivity index (χ2v) is 10.2. The van der Waals surface area contributed by atoms with Crippen LogP contribution in [0.1, 0.15) is 18.5 Å². The van der Waals surface area contributed by atoms with Gasteiger partial charge in [0.05, 0.1) is 0 Å². The van der Waals surface area contributed by atoms with E-state index in [1.54, 1.807) is 0 Å². The molecule has 0 radical (unpaired) electrons. The molecule has 0 fully saturated rings. The molecular weight excluding hydrogens is 493 g/mol. The predicted molar refractivity (Wildman–Crippen MR) is 133 cm³/mol. The van der Waals surface area contributed by atoms with Crippen LogP contribution in [0, 0.1) is 0 Å². The van der Waals surface area contributed by atoms with E-state index in [1.807, 2.05) is 24.3 Å². The largest absolute Gasteiger partial charge is 0.747 e. The molecule has 0 aliphatic rings. The molecule has 0 saturated heterocycles. The van der Waals surface area contributed by atoms with Crippen molar-refractivity contribution in [1.29, 1.82) is 0 Å². The zero-order chi connectivity index (χ0) is 20.6. The summed E-state index contributed by atoms with van der Waals surface area (Å²) >= 11 is 3.28. The number of nitrogens with zero attached hydrogens (tertiary/aromatic N) is 1. The molecule has 0 spiro atoms. The number of benzene rings is 2. The summed E-state index contributed by atoms with van der Waals surface area (Å²) < 4.78 is 1.16. The van der Waals surface area contributed by atoms with E-state index in [0.717, 1.165) is 4.47 Å². The van der Waals surface area contributed by atoms with Gasteiger partial charge in [-0.25, -0.2) is 12.1 Å². The van der Waals surface area contributed by atoms with Gasteiger partial charge in [0.2, 0.25) is 0 Å². The minimum absolute atomic E-state index is 0. The van der Waals surface area contributed by atoms with E-state index in [2.05, 4.69) is 121 Å². The SMILES string of the molecule is Br[c-]1[cH-][cH-][cH-][cH-]1.C[C@H]([c-]1cccc1P(c1ccccc1)c1ccccc1)N(C)C.[Fe]. The first kappa shape index (κ1) is 24.8. The Morgan fingerprint density at radius 3 is 1.73 bits per heavy atom. The number of halogens is 1. The van der Waals surface area contributed by atoms with Gasteiger partial charge >= 0.3 is 0 Å². The maximum Gasteiger partial charge on any atom is 0 e. The third-order valence-electron chi connectivity index (χ3n) is 4.94. The van der Waals surface area contributed by atoms with Gasteiger partial charge in [0.15, 0.2) is 0 Å². The Morgan fingerprint density at radius 1 is 0.833 bits per heavy atom. The molecule has 0 heterocycles. The average molecular weight is 520 g/mol. The standard InChI is InChI=1S/C21H23NP.C5H4Br.Fe/c1-17(22(2)3)20-15-10-16-21(20)23(18-11-6-4-7-12-18)19-13-8-5-9-14-19;6-5-3-1-2-4-5;/h4-17H,1-3H3;1-4H;/q-1;-5;/t17-;;/m1../s1. The molecule has 0 amide bonds. The van der Waals surface area contributed by atoms with Crippen molar-refractivity contribution in [1.82, 2.24) is 4.90 Å². The molecule has 30 heavy (non-hydrogen) atoms. The van der Waals surface area contributed by atoms with Crippen LogP contribution in [0.15, 0.2) is 108 Å². The second-order valence-electron chi connectivity index (χ2n) is 7.12. The average Bonchev–Trinajstić information content (AvgIpc) is 3.41. The van der Waals surface area contributed by atoms with Gasteiger partial charge in [-0.3, -0.25) is 0 Å². The molecule has 4 rings (SSSR count). The minimum atomic E-state index is -0.514. The van der Waals surface area contributed by atoms with Gasteiger partial charge in [0.1, 0.15) is 0 Å². The topological polar surface area (TPSA) is 3.24 Å². The fourth-order valence-electron chi connectivity index (χ4n) is 3.19. The summed E-state index contributed by atoms with van der Waals surface area (Å²) in [6.07, 6.45) is 0. The van der Waals surface area contributed by atoms with Crippen molar-refractivity contribution in [3.8, 4) is 0 Å². The zero-order valence-corrected chi connectivity index (χ0v) is 21.1. The van der Waals surface area contributed by atoms with Crippen molar-refractivity contribution in [2.75, 3.05) is 14.1 Å². The van der Waals surface area contributed by atoms with Crippen molar-refractivity contribution < 1.29 is 17.1 Å². The van der Waals surface area contributed by atoms with E-state index in [0.29, 0.717) is 6.04 Å². The second kappa shape index (κ2) is 12.4. The van der Waals surface area contributed by atoms with E-state index >= 15 is 0 Å². The Hall–Kier alpha value is -1.47.